The Morgan fingerprint density at radius 2 is 2.17 bits per heavy atom. The van der Waals surface area contributed by atoms with Crippen LogP contribution in [0.4, 0.5) is 5.13 Å². The van der Waals surface area contributed by atoms with Gasteiger partial charge >= 0.3 is 0 Å². The minimum Gasteiger partial charge on any atom is -0.381 e. The minimum absolute atomic E-state index is 0.347. The summed E-state index contributed by atoms with van der Waals surface area (Å²) in [6.07, 6.45) is 1.66. The van der Waals surface area contributed by atoms with E-state index in [1.54, 1.807) is 0 Å². The van der Waals surface area contributed by atoms with Gasteiger partial charge in [-0.25, -0.2) is 4.98 Å². The standard InChI is InChI=1S/C12H21N3O2S/c1-4-17-12(5-7-16-8-6-12)10-14-11(18-15-10)13-9(2)3/h9H,4-8H2,1-3H3,(H,13,14,15). The predicted molar refractivity (Wildman–Crippen MR) is 72.0 cm³/mol. The zero-order valence-corrected chi connectivity index (χ0v) is 12.0. The molecule has 2 heterocycles. The summed E-state index contributed by atoms with van der Waals surface area (Å²) < 4.78 is 15.8. The van der Waals surface area contributed by atoms with E-state index < -0.39 is 0 Å². The van der Waals surface area contributed by atoms with Gasteiger partial charge in [0.15, 0.2) is 5.82 Å². The van der Waals surface area contributed by atoms with Crippen LogP contribution in [0.5, 0.6) is 0 Å². The first-order valence-corrected chi connectivity index (χ1v) is 7.26. The summed E-state index contributed by atoms with van der Waals surface area (Å²) in [5.74, 6) is 0.806. The number of aromatic nitrogens is 2. The third kappa shape index (κ3) is 2.99. The highest BCUT2D eigenvalue weighted by atomic mass is 32.1. The third-order valence-electron chi connectivity index (χ3n) is 2.97. The first-order chi connectivity index (χ1) is 8.66. The Morgan fingerprint density at radius 3 is 2.78 bits per heavy atom. The molecule has 102 valence electrons. The van der Waals surface area contributed by atoms with Crippen LogP contribution in [0.3, 0.4) is 0 Å². The van der Waals surface area contributed by atoms with E-state index in [-0.39, 0.29) is 5.60 Å². The van der Waals surface area contributed by atoms with Gasteiger partial charge in [0.2, 0.25) is 5.13 Å². The highest BCUT2D eigenvalue weighted by Gasteiger charge is 2.39. The Kier molecular flexibility index (Phi) is 4.53. The third-order valence-corrected chi connectivity index (χ3v) is 3.61. The fourth-order valence-electron chi connectivity index (χ4n) is 2.12. The number of hydrogen-bond acceptors (Lipinski definition) is 6. The van der Waals surface area contributed by atoms with Crippen molar-refractivity contribution >= 4 is 16.7 Å². The van der Waals surface area contributed by atoms with Crippen LogP contribution in [0.15, 0.2) is 0 Å². The van der Waals surface area contributed by atoms with Crippen LogP contribution < -0.4 is 5.32 Å². The molecule has 0 spiro atoms. The Hall–Kier alpha value is -0.720. The number of anilines is 1. The first-order valence-electron chi connectivity index (χ1n) is 6.49. The summed E-state index contributed by atoms with van der Waals surface area (Å²) in [4.78, 5) is 4.58. The molecule has 1 saturated heterocycles. The summed E-state index contributed by atoms with van der Waals surface area (Å²) in [7, 11) is 0. The lowest BCUT2D eigenvalue weighted by Gasteiger charge is -2.34. The average Bonchev–Trinajstić information content (AvgIpc) is 2.79. The second-order valence-electron chi connectivity index (χ2n) is 4.76. The van der Waals surface area contributed by atoms with Crippen molar-refractivity contribution in [1.29, 1.82) is 0 Å². The summed E-state index contributed by atoms with van der Waals surface area (Å²) >= 11 is 1.40. The van der Waals surface area contributed by atoms with Gasteiger partial charge in [-0.2, -0.15) is 4.37 Å². The van der Waals surface area contributed by atoms with Crippen molar-refractivity contribution in [2.75, 3.05) is 25.1 Å². The molecular weight excluding hydrogens is 250 g/mol. The number of nitrogens with zero attached hydrogens (tertiary/aromatic N) is 2. The molecule has 0 amide bonds. The van der Waals surface area contributed by atoms with E-state index in [1.807, 2.05) is 6.92 Å². The van der Waals surface area contributed by atoms with Gasteiger partial charge in [0, 0.05) is 50.2 Å². The quantitative estimate of drug-likeness (QED) is 0.891. The molecule has 5 nitrogen and oxygen atoms in total. The number of nitrogens with one attached hydrogen (secondary N) is 1. The van der Waals surface area contributed by atoms with Crippen molar-refractivity contribution in [1.82, 2.24) is 9.36 Å². The van der Waals surface area contributed by atoms with E-state index in [0.29, 0.717) is 25.9 Å². The van der Waals surface area contributed by atoms with Crippen molar-refractivity contribution in [2.45, 2.75) is 45.3 Å². The zero-order valence-electron chi connectivity index (χ0n) is 11.2. The van der Waals surface area contributed by atoms with Crippen LogP contribution in [0.25, 0.3) is 0 Å². The molecule has 0 unspecified atom stereocenters. The van der Waals surface area contributed by atoms with Crippen molar-refractivity contribution in [3.05, 3.63) is 5.82 Å². The van der Waals surface area contributed by atoms with Gasteiger partial charge in [0.1, 0.15) is 5.60 Å². The summed E-state index contributed by atoms with van der Waals surface area (Å²) in [5, 5.41) is 4.15. The molecule has 0 aliphatic carbocycles. The van der Waals surface area contributed by atoms with Crippen LogP contribution in [-0.2, 0) is 15.1 Å². The molecule has 2 rings (SSSR count). The van der Waals surface area contributed by atoms with Crippen LogP contribution in [0.1, 0.15) is 39.4 Å². The monoisotopic (exact) mass is 271 g/mol. The van der Waals surface area contributed by atoms with Gasteiger partial charge in [-0.15, -0.1) is 0 Å². The zero-order chi connectivity index (χ0) is 13.0. The van der Waals surface area contributed by atoms with Gasteiger partial charge in [0.05, 0.1) is 0 Å². The topological polar surface area (TPSA) is 56.3 Å². The Morgan fingerprint density at radius 1 is 1.44 bits per heavy atom. The number of rotatable bonds is 5. The predicted octanol–water partition coefficient (Wildman–Crippen LogP) is 2.40. The Labute approximate surface area is 112 Å². The first kappa shape index (κ1) is 13.7. The van der Waals surface area contributed by atoms with E-state index >= 15 is 0 Å². The Bertz CT molecular complexity index is 370. The van der Waals surface area contributed by atoms with Gasteiger partial charge in [-0.1, -0.05) is 0 Å². The second kappa shape index (κ2) is 5.95. The lowest BCUT2D eigenvalue weighted by Crippen LogP contribution is -2.37. The molecule has 1 aliphatic heterocycles. The largest absolute Gasteiger partial charge is 0.381 e. The Balaban J connectivity index is 2.17. The smallest absolute Gasteiger partial charge is 0.202 e. The van der Waals surface area contributed by atoms with Crippen LogP contribution in [-0.4, -0.2) is 35.2 Å². The highest BCUT2D eigenvalue weighted by Crippen LogP contribution is 2.35. The van der Waals surface area contributed by atoms with E-state index in [4.69, 9.17) is 9.47 Å². The van der Waals surface area contributed by atoms with Crippen LogP contribution in [0, 0.1) is 0 Å². The fourth-order valence-corrected chi connectivity index (χ4v) is 2.92. The minimum atomic E-state index is -0.347. The van der Waals surface area contributed by atoms with Crippen molar-refractivity contribution in [3.63, 3.8) is 0 Å². The van der Waals surface area contributed by atoms with E-state index in [0.717, 1.165) is 23.8 Å². The molecule has 0 bridgehead atoms. The number of hydrogen-bond donors (Lipinski definition) is 1. The normalized spacial score (nSPS) is 19.1. The molecule has 6 heteroatoms. The molecule has 1 aromatic rings. The van der Waals surface area contributed by atoms with Gasteiger partial charge in [-0.05, 0) is 20.8 Å². The maximum absolute atomic E-state index is 5.95. The van der Waals surface area contributed by atoms with Gasteiger partial charge < -0.3 is 14.8 Å². The van der Waals surface area contributed by atoms with Gasteiger partial charge in [0.25, 0.3) is 0 Å². The summed E-state index contributed by atoms with van der Waals surface area (Å²) in [5.41, 5.74) is -0.347. The van der Waals surface area contributed by atoms with Crippen molar-refractivity contribution in [2.24, 2.45) is 0 Å². The van der Waals surface area contributed by atoms with Crippen LogP contribution in [0.2, 0.25) is 0 Å². The molecular formula is C12H21N3O2S. The number of ether oxygens (including phenoxy) is 2. The maximum Gasteiger partial charge on any atom is 0.202 e. The van der Waals surface area contributed by atoms with Gasteiger partial charge in [-0.3, -0.25) is 0 Å². The van der Waals surface area contributed by atoms with E-state index in [1.165, 1.54) is 11.5 Å². The fraction of sp³-hybridized carbons (Fsp3) is 0.833. The molecule has 0 atom stereocenters. The molecule has 0 aromatic carbocycles. The molecule has 0 saturated carbocycles. The molecule has 18 heavy (non-hydrogen) atoms. The van der Waals surface area contributed by atoms with E-state index in [2.05, 4.69) is 28.5 Å². The van der Waals surface area contributed by atoms with Crippen LogP contribution >= 0.6 is 11.5 Å². The lowest BCUT2D eigenvalue weighted by molar-refractivity contribution is -0.117. The van der Waals surface area contributed by atoms with Crippen molar-refractivity contribution < 1.29 is 9.47 Å². The maximum atomic E-state index is 5.95. The molecule has 1 aliphatic rings. The average molecular weight is 271 g/mol. The lowest BCUT2D eigenvalue weighted by atomic mass is 9.93. The van der Waals surface area contributed by atoms with E-state index in [9.17, 15) is 0 Å². The molecule has 1 N–H and O–H groups in total. The molecule has 1 fully saturated rings. The SMILES string of the molecule is CCOC1(c2nsc(NC(C)C)n2)CCOCC1. The second-order valence-corrected chi connectivity index (χ2v) is 5.51. The summed E-state index contributed by atoms with van der Waals surface area (Å²) in [6.45, 7) is 8.29. The molecule has 0 radical (unpaired) electrons. The van der Waals surface area contributed by atoms with Crippen molar-refractivity contribution in [3.8, 4) is 0 Å². The highest BCUT2D eigenvalue weighted by molar-refractivity contribution is 7.09. The summed E-state index contributed by atoms with van der Waals surface area (Å²) in [6, 6.07) is 0.364. The molecule has 1 aromatic heterocycles.